The van der Waals surface area contributed by atoms with Gasteiger partial charge in [-0.1, -0.05) is 24.8 Å². The molecule has 1 aromatic carbocycles. The number of benzene rings is 1. The van der Waals surface area contributed by atoms with E-state index in [9.17, 15) is 0 Å². The molecular formula is C11H13NO. The Kier molecular flexibility index (Phi) is 2.17. The summed E-state index contributed by atoms with van der Waals surface area (Å²) in [5.74, 6) is 0. The zero-order valence-corrected chi connectivity index (χ0v) is 7.46. The third kappa shape index (κ3) is 1.39. The van der Waals surface area contributed by atoms with Gasteiger partial charge < -0.3 is 10.4 Å². The van der Waals surface area contributed by atoms with Crippen LogP contribution < -0.4 is 5.32 Å². The first-order valence-corrected chi connectivity index (χ1v) is 4.44. The van der Waals surface area contributed by atoms with Crippen molar-refractivity contribution in [2.45, 2.75) is 12.6 Å². The van der Waals surface area contributed by atoms with E-state index in [4.69, 9.17) is 5.11 Å². The van der Waals surface area contributed by atoms with E-state index >= 15 is 0 Å². The summed E-state index contributed by atoms with van der Waals surface area (Å²) in [6, 6.07) is 6.33. The van der Waals surface area contributed by atoms with Crippen LogP contribution in [-0.4, -0.2) is 11.7 Å². The second kappa shape index (κ2) is 3.32. The normalized spacial score (nSPS) is 19.9. The molecule has 1 aliphatic rings. The molecule has 68 valence electrons. The molecule has 2 nitrogen and oxygen atoms in total. The first-order chi connectivity index (χ1) is 6.35. The van der Waals surface area contributed by atoms with Gasteiger partial charge in [0, 0.05) is 6.54 Å². The first kappa shape index (κ1) is 8.48. The Hall–Kier alpha value is -1.12. The van der Waals surface area contributed by atoms with Gasteiger partial charge in [0.1, 0.15) is 0 Å². The summed E-state index contributed by atoms with van der Waals surface area (Å²) in [5.41, 5.74) is 3.60. The highest BCUT2D eigenvalue weighted by molar-refractivity contribution is 5.51. The minimum absolute atomic E-state index is 0.106. The van der Waals surface area contributed by atoms with Gasteiger partial charge in [0.05, 0.1) is 12.6 Å². The minimum Gasteiger partial charge on any atom is -0.394 e. The zero-order chi connectivity index (χ0) is 9.26. The monoisotopic (exact) mass is 175 g/mol. The van der Waals surface area contributed by atoms with Gasteiger partial charge >= 0.3 is 0 Å². The van der Waals surface area contributed by atoms with Crippen LogP contribution in [0.15, 0.2) is 24.8 Å². The van der Waals surface area contributed by atoms with Crippen molar-refractivity contribution in [3.8, 4) is 0 Å². The van der Waals surface area contributed by atoms with Gasteiger partial charge in [0.15, 0.2) is 0 Å². The molecule has 1 aromatic rings. The van der Waals surface area contributed by atoms with Gasteiger partial charge in [0.2, 0.25) is 0 Å². The van der Waals surface area contributed by atoms with Gasteiger partial charge in [-0.15, -0.1) is 0 Å². The molecular weight excluding hydrogens is 162 g/mol. The van der Waals surface area contributed by atoms with Crippen molar-refractivity contribution in [3.63, 3.8) is 0 Å². The predicted octanol–water partition coefficient (Wildman–Crippen LogP) is 1.47. The lowest BCUT2D eigenvalue weighted by Crippen LogP contribution is -2.15. The third-order valence-electron chi connectivity index (χ3n) is 2.50. The summed E-state index contributed by atoms with van der Waals surface area (Å²) in [7, 11) is 0. The van der Waals surface area contributed by atoms with Crippen LogP contribution in [-0.2, 0) is 6.54 Å². The quantitative estimate of drug-likeness (QED) is 0.713. The molecule has 0 aliphatic carbocycles. The largest absolute Gasteiger partial charge is 0.394 e. The van der Waals surface area contributed by atoms with Crippen molar-refractivity contribution in [3.05, 3.63) is 41.5 Å². The number of rotatable bonds is 2. The van der Waals surface area contributed by atoms with E-state index in [1.807, 2.05) is 12.1 Å². The molecule has 0 spiro atoms. The topological polar surface area (TPSA) is 32.3 Å². The van der Waals surface area contributed by atoms with E-state index in [2.05, 4.69) is 24.0 Å². The van der Waals surface area contributed by atoms with Crippen molar-refractivity contribution in [1.82, 2.24) is 5.32 Å². The summed E-state index contributed by atoms with van der Waals surface area (Å²) in [6.45, 7) is 4.74. The van der Waals surface area contributed by atoms with E-state index in [-0.39, 0.29) is 12.6 Å². The second-order valence-corrected chi connectivity index (χ2v) is 3.28. The molecule has 13 heavy (non-hydrogen) atoms. The van der Waals surface area contributed by atoms with Crippen LogP contribution in [0.5, 0.6) is 0 Å². The van der Waals surface area contributed by atoms with Crippen LogP contribution >= 0.6 is 0 Å². The van der Waals surface area contributed by atoms with Crippen LogP contribution in [0, 0.1) is 0 Å². The molecule has 0 saturated carbocycles. The highest BCUT2D eigenvalue weighted by Crippen LogP contribution is 2.25. The number of hydrogen-bond acceptors (Lipinski definition) is 2. The maximum atomic E-state index is 9.09. The number of aliphatic hydroxyl groups is 1. The molecule has 0 bridgehead atoms. The highest BCUT2D eigenvalue weighted by Gasteiger charge is 2.20. The maximum absolute atomic E-state index is 9.09. The molecule has 0 amide bonds. The fourth-order valence-corrected chi connectivity index (χ4v) is 1.73. The van der Waals surface area contributed by atoms with E-state index in [1.54, 1.807) is 0 Å². The number of hydrogen-bond donors (Lipinski definition) is 2. The first-order valence-electron chi connectivity index (χ1n) is 4.44. The molecule has 2 N–H and O–H groups in total. The molecule has 0 unspecified atom stereocenters. The SMILES string of the molecule is C=Cc1ccc2c(c1)[C@@H](CO)NC2. The number of fused-ring (bicyclic) bond motifs is 1. The lowest BCUT2D eigenvalue weighted by Gasteiger charge is -2.07. The van der Waals surface area contributed by atoms with Crippen LogP contribution in [0.25, 0.3) is 6.08 Å². The van der Waals surface area contributed by atoms with E-state index < -0.39 is 0 Å². The van der Waals surface area contributed by atoms with E-state index in [0.717, 1.165) is 12.1 Å². The molecule has 1 aliphatic heterocycles. The van der Waals surface area contributed by atoms with Crippen molar-refractivity contribution < 1.29 is 5.11 Å². The lowest BCUT2D eigenvalue weighted by atomic mass is 10.0. The molecule has 0 radical (unpaired) electrons. The summed E-state index contributed by atoms with van der Waals surface area (Å²) < 4.78 is 0. The molecule has 2 heteroatoms. The molecule has 0 aromatic heterocycles. The van der Waals surface area contributed by atoms with Crippen molar-refractivity contribution in [1.29, 1.82) is 0 Å². The average Bonchev–Trinajstić information content (AvgIpc) is 2.59. The average molecular weight is 175 g/mol. The van der Waals surface area contributed by atoms with Gasteiger partial charge in [0.25, 0.3) is 0 Å². The Labute approximate surface area is 77.9 Å². The van der Waals surface area contributed by atoms with Crippen LogP contribution in [0.3, 0.4) is 0 Å². The highest BCUT2D eigenvalue weighted by atomic mass is 16.3. The summed E-state index contributed by atoms with van der Waals surface area (Å²) in [5, 5.41) is 12.3. The molecule has 1 heterocycles. The van der Waals surface area contributed by atoms with E-state index in [1.165, 1.54) is 11.1 Å². The Bertz CT molecular complexity index is 333. The Balaban J connectivity index is 2.42. The fraction of sp³-hybridized carbons (Fsp3) is 0.273. The van der Waals surface area contributed by atoms with Gasteiger partial charge in [-0.3, -0.25) is 0 Å². The van der Waals surface area contributed by atoms with Crippen LogP contribution in [0.1, 0.15) is 22.7 Å². The standard InChI is InChI=1S/C11H13NO/c1-2-8-3-4-9-6-12-11(7-13)10(9)5-8/h2-5,11-13H,1,6-7H2/t11-/m1/s1. The maximum Gasteiger partial charge on any atom is 0.0626 e. The summed E-state index contributed by atoms with van der Waals surface area (Å²) >= 11 is 0. The van der Waals surface area contributed by atoms with Crippen LogP contribution in [0.2, 0.25) is 0 Å². The van der Waals surface area contributed by atoms with Gasteiger partial charge in [-0.25, -0.2) is 0 Å². The zero-order valence-electron chi connectivity index (χ0n) is 7.46. The summed E-state index contributed by atoms with van der Waals surface area (Å²) in [4.78, 5) is 0. The van der Waals surface area contributed by atoms with Crippen LogP contribution in [0.4, 0.5) is 0 Å². The minimum atomic E-state index is 0.106. The van der Waals surface area contributed by atoms with E-state index in [0.29, 0.717) is 0 Å². The molecule has 1 atom stereocenters. The molecule has 2 rings (SSSR count). The van der Waals surface area contributed by atoms with Gasteiger partial charge in [-0.05, 0) is 22.8 Å². The Morgan fingerprint density at radius 1 is 1.62 bits per heavy atom. The second-order valence-electron chi connectivity index (χ2n) is 3.28. The predicted molar refractivity (Wildman–Crippen MR) is 53.2 cm³/mol. The van der Waals surface area contributed by atoms with Crippen molar-refractivity contribution >= 4 is 6.08 Å². The fourth-order valence-electron chi connectivity index (χ4n) is 1.73. The summed E-state index contributed by atoms with van der Waals surface area (Å²) in [6.07, 6.45) is 1.83. The Morgan fingerprint density at radius 2 is 2.46 bits per heavy atom. The molecule has 0 saturated heterocycles. The van der Waals surface area contributed by atoms with Gasteiger partial charge in [-0.2, -0.15) is 0 Å². The van der Waals surface area contributed by atoms with Crippen molar-refractivity contribution in [2.75, 3.05) is 6.61 Å². The Morgan fingerprint density at radius 3 is 3.15 bits per heavy atom. The lowest BCUT2D eigenvalue weighted by molar-refractivity contribution is 0.251. The third-order valence-corrected chi connectivity index (χ3v) is 2.50. The number of nitrogens with one attached hydrogen (secondary N) is 1. The molecule has 0 fully saturated rings. The number of aliphatic hydroxyl groups excluding tert-OH is 1. The van der Waals surface area contributed by atoms with Crippen molar-refractivity contribution in [2.24, 2.45) is 0 Å². The smallest absolute Gasteiger partial charge is 0.0626 e.